The first-order chi connectivity index (χ1) is 10.3. The summed E-state index contributed by atoms with van der Waals surface area (Å²) >= 11 is 0. The predicted molar refractivity (Wildman–Crippen MR) is 84.7 cm³/mol. The molecule has 104 valence electrons. The van der Waals surface area contributed by atoms with Gasteiger partial charge in [0.25, 0.3) is 0 Å². The van der Waals surface area contributed by atoms with Crippen LogP contribution in [0.2, 0.25) is 0 Å². The molecule has 0 aliphatic heterocycles. The van der Waals surface area contributed by atoms with E-state index in [1.807, 2.05) is 73.7 Å². The quantitative estimate of drug-likeness (QED) is 0.515. The van der Waals surface area contributed by atoms with Crippen LogP contribution in [0.15, 0.2) is 66.7 Å². The summed E-state index contributed by atoms with van der Waals surface area (Å²) in [5, 5.41) is 2.01. The van der Waals surface area contributed by atoms with Crippen LogP contribution in [0.25, 0.3) is 10.8 Å². The standard InChI is InChI=1S/C19H16O2/c1-2-14-8-3-6-12-17(14)19(20)21-18-13-7-10-15-9-4-5-11-16(15)18/h3-13H,2H2,1H3. The van der Waals surface area contributed by atoms with E-state index in [-0.39, 0.29) is 5.97 Å². The van der Waals surface area contributed by atoms with Crippen molar-refractivity contribution < 1.29 is 9.53 Å². The molecule has 0 aliphatic carbocycles. The maximum atomic E-state index is 12.4. The number of esters is 1. The molecule has 0 radical (unpaired) electrons. The first-order valence-electron chi connectivity index (χ1n) is 7.07. The van der Waals surface area contributed by atoms with Gasteiger partial charge in [0, 0.05) is 5.39 Å². The molecule has 21 heavy (non-hydrogen) atoms. The Morgan fingerprint density at radius 1 is 0.905 bits per heavy atom. The van der Waals surface area contributed by atoms with E-state index in [9.17, 15) is 4.79 Å². The summed E-state index contributed by atoms with van der Waals surface area (Å²) in [5.41, 5.74) is 1.63. The highest BCUT2D eigenvalue weighted by atomic mass is 16.5. The number of hydrogen-bond acceptors (Lipinski definition) is 2. The Kier molecular flexibility index (Phi) is 3.69. The van der Waals surface area contributed by atoms with E-state index in [1.54, 1.807) is 0 Å². The van der Waals surface area contributed by atoms with E-state index in [0.29, 0.717) is 11.3 Å². The monoisotopic (exact) mass is 276 g/mol. The second kappa shape index (κ2) is 5.80. The Morgan fingerprint density at radius 2 is 1.62 bits per heavy atom. The van der Waals surface area contributed by atoms with Gasteiger partial charge in [-0.25, -0.2) is 4.79 Å². The lowest BCUT2D eigenvalue weighted by molar-refractivity contribution is 0.0736. The highest BCUT2D eigenvalue weighted by molar-refractivity contribution is 5.96. The third-order valence-electron chi connectivity index (χ3n) is 3.57. The first-order valence-corrected chi connectivity index (χ1v) is 7.07. The minimum absolute atomic E-state index is 0.302. The molecule has 0 unspecified atom stereocenters. The fourth-order valence-corrected chi connectivity index (χ4v) is 2.47. The predicted octanol–water partition coefficient (Wildman–Crippen LogP) is 4.62. The average Bonchev–Trinajstić information content (AvgIpc) is 2.55. The van der Waals surface area contributed by atoms with Gasteiger partial charge >= 0.3 is 5.97 Å². The van der Waals surface area contributed by atoms with Crippen molar-refractivity contribution >= 4 is 16.7 Å². The van der Waals surface area contributed by atoms with Gasteiger partial charge in [-0.15, -0.1) is 0 Å². The van der Waals surface area contributed by atoms with Crippen molar-refractivity contribution in [1.29, 1.82) is 0 Å². The molecule has 0 aliphatic rings. The van der Waals surface area contributed by atoms with Gasteiger partial charge in [-0.1, -0.05) is 61.5 Å². The third-order valence-corrected chi connectivity index (χ3v) is 3.57. The van der Waals surface area contributed by atoms with Crippen LogP contribution >= 0.6 is 0 Å². The smallest absolute Gasteiger partial charge is 0.343 e. The highest BCUT2D eigenvalue weighted by Gasteiger charge is 2.13. The van der Waals surface area contributed by atoms with Gasteiger partial charge in [0.1, 0.15) is 5.75 Å². The van der Waals surface area contributed by atoms with Gasteiger partial charge in [-0.3, -0.25) is 0 Å². The zero-order chi connectivity index (χ0) is 14.7. The maximum absolute atomic E-state index is 12.4. The summed E-state index contributed by atoms with van der Waals surface area (Å²) in [4.78, 5) is 12.4. The largest absolute Gasteiger partial charge is 0.422 e. The molecule has 2 nitrogen and oxygen atoms in total. The topological polar surface area (TPSA) is 26.3 Å². The number of hydrogen-bond donors (Lipinski definition) is 0. The van der Waals surface area contributed by atoms with Gasteiger partial charge in [0.2, 0.25) is 0 Å². The molecule has 3 aromatic rings. The van der Waals surface area contributed by atoms with Gasteiger partial charge in [-0.2, -0.15) is 0 Å². The van der Waals surface area contributed by atoms with E-state index in [2.05, 4.69) is 0 Å². The number of carbonyl (C=O) groups excluding carboxylic acids is 1. The maximum Gasteiger partial charge on any atom is 0.343 e. The molecule has 0 N–H and O–H groups in total. The van der Waals surface area contributed by atoms with Crippen LogP contribution in [-0.2, 0) is 6.42 Å². The SMILES string of the molecule is CCc1ccccc1C(=O)Oc1cccc2ccccc12. The van der Waals surface area contributed by atoms with E-state index in [1.165, 1.54) is 0 Å². The summed E-state index contributed by atoms with van der Waals surface area (Å²) in [7, 11) is 0. The molecule has 0 heterocycles. The lowest BCUT2D eigenvalue weighted by atomic mass is 10.1. The van der Waals surface area contributed by atoms with Gasteiger partial charge in [0.05, 0.1) is 5.56 Å². The number of benzene rings is 3. The lowest BCUT2D eigenvalue weighted by Crippen LogP contribution is -2.11. The van der Waals surface area contributed by atoms with Gasteiger partial charge in [-0.05, 0) is 29.5 Å². The molecule has 0 aromatic heterocycles. The van der Waals surface area contributed by atoms with Gasteiger partial charge < -0.3 is 4.74 Å². The van der Waals surface area contributed by atoms with Crippen LogP contribution in [0, 0.1) is 0 Å². The lowest BCUT2D eigenvalue weighted by Gasteiger charge is -2.10. The van der Waals surface area contributed by atoms with Gasteiger partial charge in [0.15, 0.2) is 0 Å². The van der Waals surface area contributed by atoms with E-state index < -0.39 is 0 Å². The molecular weight excluding hydrogens is 260 g/mol. The molecule has 0 fully saturated rings. The van der Waals surface area contributed by atoms with Crippen molar-refractivity contribution in [2.75, 3.05) is 0 Å². The van der Waals surface area contributed by atoms with Crippen molar-refractivity contribution in [2.45, 2.75) is 13.3 Å². The molecule has 3 rings (SSSR count). The number of ether oxygens (including phenoxy) is 1. The molecular formula is C19H16O2. The molecule has 0 atom stereocenters. The fourth-order valence-electron chi connectivity index (χ4n) is 2.47. The molecule has 0 spiro atoms. The summed E-state index contributed by atoms with van der Waals surface area (Å²) in [5.74, 6) is 0.299. The average molecular weight is 276 g/mol. The van der Waals surface area contributed by atoms with Crippen LogP contribution in [0.4, 0.5) is 0 Å². The minimum Gasteiger partial charge on any atom is -0.422 e. The van der Waals surface area contributed by atoms with E-state index >= 15 is 0 Å². The molecule has 3 aromatic carbocycles. The third kappa shape index (κ3) is 2.65. The fraction of sp³-hybridized carbons (Fsp3) is 0.105. The Balaban J connectivity index is 1.97. The first kappa shape index (κ1) is 13.4. The number of aryl methyl sites for hydroxylation is 1. The molecule has 0 saturated heterocycles. The van der Waals surface area contributed by atoms with Crippen molar-refractivity contribution in [2.24, 2.45) is 0 Å². The Bertz CT molecular complexity index is 785. The normalized spacial score (nSPS) is 10.5. The van der Waals surface area contributed by atoms with Crippen LogP contribution < -0.4 is 4.74 Å². The summed E-state index contributed by atoms with van der Waals surface area (Å²) < 4.78 is 5.62. The summed E-state index contributed by atoms with van der Waals surface area (Å²) in [6.45, 7) is 2.03. The second-order valence-corrected chi connectivity index (χ2v) is 4.88. The van der Waals surface area contributed by atoms with Crippen molar-refractivity contribution in [3.63, 3.8) is 0 Å². The Morgan fingerprint density at radius 3 is 2.48 bits per heavy atom. The van der Waals surface area contributed by atoms with Crippen molar-refractivity contribution in [3.05, 3.63) is 77.9 Å². The second-order valence-electron chi connectivity index (χ2n) is 4.88. The molecule has 2 heteroatoms. The zero-order valence-electron chi connectivity index (χ0n) is 11.9. The van der Waals surface area contributed by atoms with E-state index in [4.69, 9.17) is 4.74 Å². The van der Waals surface area contributed by atoms with Crippen molar-refractivity contribution in [1.82, 2.24) is 0 Å². The van der Waals surface area contributed by atoms with Crippen LogP contribution in [0.3, 0.4) is 0 Å². The Hall–Kier alpha value is -2.61. The molecule has 0 bridgehead atoms. The summed E-state index contributed by atoms with van der Waals surface area (Å²) in [6, 6.07) is 21.2. The summed E-state index contributed by atoms with van der Waals surface area (Å²) in [6.07, 6.45) is 0.806. The number of rotatable bonds is 3. The molecule has 0 amide bonds. The van der Waals surface area contributed by atoms with Crippen LogP contribution in [0.1, 0.15) is 22.8 Å². The van der Waals surface area contributed by atoms with E-state index in [0.717, 1.165) is 22.8 Å². The zero-order valence-corrected chi connectivity index (χ0v) is 11.9. The Labute approximate surface area is 124 Å². The highest BCUT2D eigenvalue weighted by Crippen LogP contribution is 2.26. The minimum atomic E-state index is -0.302. The number of carbonyl (C=O) groups is 1. The van der Waals surface area contributed by atoms with Crippen LogP contribution in [0.5, 0.6) is 5.75 Å². The van der Waals surface area contributed by atoms with Crippen LogP contribution in [-0.4, -0.2) is 5.97 Å². The molecule has 0 saturated carbocycles. The number of fused-ring (bicyclic) bond motifs is 1. The van der Waals surface area contributed by atoms with Crippen molar-refractivity contribution in [3.8, 4) is 5.75 Å².